The van der Waals surface area contributed by atoms with Gasteiger partial charge in [0.25, 0.3) is 5.91 Å². The van der Waals surface area contributed by atoms with Crippen LogP contribution >= 0.6 is 11.6 Å². The summed E-state index contributed by atoms with van der Waals surface area (Å²) in [6.07, 6.45) is 6.51. The molecular formula is C17H14ClN4O2. The number of aromatic nitrogens is 1. The molecule has 0 aliphatic carbocycles. The van der Waals surface area contributed by atoms with Gasteiger partial charge < -0.3 is 11.1 Å². The van der Waals surface area contributed by atoms with E-state index in [2.05, 4.69) is 15.6 Å². The highest BCUT2D eigenvalue weighted by atomic mass is 35.5. The van der Waals surface area contributed by atoms with Crippen LogP contribution in [-0.4, -0.2) is 22.8 Å². The van der Waals surface area contributed by atoms with Crippen LogP contribution in [-0.2, 0) is 16.0 Å². The van der Waals surface area contributed by atoms with Gasteiger partial charge in [0.2, 0.25) is 5.91 Å². The number of carbonyl (C=O) groups is 2. The van der Waals surface area contributed by atoms with Crippen LogP contribution in [0.1, 0.15) is 5.56 Å². The normalized spacial score (nSPS) is 13.8. The molecule has 7 heteroatoms. The Morgan fingerprint density at radius 2 is 2.00 bits per heavy atom. The van der Waals surface area contributed by atoms with Gasteiger partial charge >= 0.3 is 0 Å². The van der Waals surface area contributed by atoms with Crippen LogP contribution in [0.2, 0.25) is 5.02 Å². The maximum Gasteiger partial charge on any atom is 0.270 e. The SMILES string of the molecule is N[C@H](Cc1ccncc1)C(=O)Nc1cc2c(cc1Cl)=C[N]C(=O)C=2. The van der Waals surface area contributed by atoms with Crippen molar-refractivity contribution in [2.24, 2.45) is 5.73 Å². The van der Waals surface area contributed by atoms with Crippen LogP contribution in [0.25, 0.3) is 12.3 Å². The maximum absolute atomic E-state index is 12.3. The first-order valence-electron chi connectivity index (χ1n) is 7.24. The second-order valence-electron chi connectivity index (χ2n) is 5.36. The fraction of sp³-hybridized carbons (Fsp3) is 0.118. The minimum Gasteiger partial charge on any atom is -0.323 e. The lowest BCUT2D eigenvalue weighted by Gasteiger charge is -2.14. The fourth-order valence-electron chi connectivity index (χ4n) is 2.33. The van der Waals surface area contributed by atoms with Gasteiger partial charge in [0.15, 0.2) is 0 Å². The number of nitrogens with one attached hydrogen (secondary N) is 1. The van der Waals surface area contributed by atoms with Crippen LogP contribution in [0.5, 0.6) is 0 Å². The molecule has 0 saturated carbocycles. The highest BCUT2D eigenvalue weighted by molar-refractivity contribution is 6.33. The third-order valence-electron chi connectivity index (χ3n) is 3.58. The lowest BCUT2D eigenvalue weighted by molar-refractivity contribution is -0.117. The third kappa shape index (κ3) is 3.61. The van der Waals surface area contributed by atoms with Crippen molar-refractivity contribution in [2.75, 3.05) is 5.32 Å². The number of nitrogens with two attached hydrogens (primary N) is 1. The quantitative estimate of drug-likeness (QED) is 0.811. The molecule has 3 rings (SSSR count). The number of amides is 2. The highest BCUT2D eigenvalue weighted by Gasteiger charge is 2.16. The van der Waals surface area contributed by atoms with E-state index in [-0.39, 0.29) is 11.8 Å². The molecule has 0 saturated heterocycles. The molecule has 0 fully saturated rings. The Bertz CT molecular complexity index is 912. The number of carbonyl (C=O) groups excluding carboxylic acids is 2. The van der Waals surface area contributed by atoms with E-state index in [9.17, 15) is 9.59 Å². The highest BCUT2D eigenvalue weighted by Crippen LogP contribution is 2.18. The number of fused-ring (bicyclic) bond motifs is 1. The topological polar surface area (TPSA) is 99.2 Å². The molecule has 1 aromatic carbocycles. The van der Waals surface area contributed by atoms with E-state index in [1.165, 1.54) is 12.3 Å². The van der Waals surface area contributed by atoms with Crippen molar-refractivity contribution in [1.29, 1.82) is 0 Å². The Hall–Kier alpha value is -2.70. The molecule has 1 radical (unpaired) electrons. The van der Waals surface area contributed by atoms with Crippen LogP contribution in [0.15, 0.2) is 36.7 Å². The summed E-state index contributed by atoms with van der Waals surface area (Å²) in [6.45, 7) is 0. The molecular weight excluding hydrogens is 328 g/mol. The number of nitrogens with zero attached hydrogens (tertiary/aromatic N) is 2. The molecule has 2 heterocycles. The maximum atomic E-state index is 12.3. The Kier molecular flexibility index (Phi) is 4.59. The zero-order chi connectivity index (χ0) is 17.1. The molecule has 0 spiro atoms. The smallest absolute Gasteiger partial charge is 0.270 e. The molecule has 1 aromatic heterocycles. The number of hydrogen-bond acceptors (Lipinski definition) is 4. The lowest BCUT2D eigenvalue weighted by Crippen LogP contribution is -2.38. The second kappa shape index (κ2) is 6.82. The summed E-state index contributed by atoms with van der Waals surface area (Å²) in [5.74, 6) is -0.707. The zero-order valence-corrected chi connectivity index (χ0v) is 13.3. The summed E-state index contributed by atoms with van der Waals surface area (Å²) in [4.78, 5) is 27.6. The molecule has 2 amide bonds. The van der Waals surface area contributed by atoms with E-state index in [0.717, 1.165) is 10.8 Å². The van der Waals surface area contributed by atoms with Crippen LogP contribution in [0.3, 0.4) is 0 Å². The van der Waals surface area contributed by atoms with Gasteiger partial charge in [0.05, 0.1) is 16.8 Å². The van der Waals surface area contributed by atoms with Gasteiger partial charge in [-0.3, -0.25) is 14.6 Å². The predicted octanol–water partition coefficient (Wildman–Crippen LogP) is -0.0934. The van der Waals surface area contributed by atoms with Gasteiger partial charge in [-0.1, -0.05) is 11.6 Å². The van der Waals surface area contributed by atoms with E-state index in [1.807, 2.05) is 0 Å². The lowest BCUT2D eigenvalue weighted by atomic mass is 10.1. The number of benzene rings is 1. The predicted molar refractivity (Wildman–Crippen MR) is 91.3 cm³/mol. The summed E-state index contributed by atoms with van der Waals surface area (Å²) in [5, 5.41) is 8.12. The minimum atomic E-state index is -0.730. The zero-order valence-electron chi connectivity index (χ0n) is 12.6. The molecule has 2 aromatic rings. The average molecular weight is 342 g/mol. The van der Waals surface area contributed by atoms with Crippen LogP contribution in [0, 0.1) is 0 Å². The number of anilines is 1. The summed E-state index contributed by atoms with van der Waals surface area (Å²) in [7, 11) is 0. The van der Waals surface area contributed by atoms with Crippen molar-refractivity contribution in [1.82, 2.24) is 10.3 Å². The first-order chi connectivity index (χ1) is 11.5. The summed E-state index contributed by atoms with van der Waals surface area (Å²) in [6, 6.07) is 6.16. The largest absolute Gasteiger partial charge is 0.323 e. The van der Waals surface area contributed by atoms with Crippen LogP contribution in [0.4, 0.5) is 5.69 Å². The first kappa shape index (κ1) is 16.2. The molecule has 1 aliphatic rings. The molecule has 6 nitrogen and oxygen atoms in total. The molecule has 0 bridgehead atoms. The number of hydrogen-bond donors (Lipinski definition) is 2. The van der Waals surface area contributed by atoms with Crippen molar-refractivity contribution in [2.45, 2.75) is 12.5 Å². The first-order valence-corrected chi connectivity index (χ1v) is 7.62. The Balaban J connectivity index is 1.78. The van der Waals surface area contributed by atoms with Gasteiger partial charge in [-0.15, -0.1) is 0 Å². The summed E-state index contributed by atoms with van der Waals surface area (Å²) >= 11 is 6.18. The van der Waals surface area contributed by atoms with Crippen LogP contribution < -0.4 is 26.8 Å². The minimum absolute atomic E-state index is 0.350. The molecule has 1 atom stereocenters. The van der Waals surface area contributed by atoms with E-state index in [1.54, 1.807) is 36.7 Å². The number of halogens is 1. The molecule has 24 heavy (non-hydrogen) atoms. The summed E-state index contributed by atoms with van der Waals surface area (Å²) < 4.78 is 0. The third-order valence-corrected chi connectivity index (χ3v) is 3.89. The van der Waals surface area contributed by atoms with Crippen molar-refractivity contribution in [3.63, 3.8) is 0 Å². The molecule has 0 unspecified atom stereocenters. The van der Waals surface area contributed by atoms with Gasteiger partial charge in [-0.25, -0.2) is 5.32 Å². The Morgan fingerprint density at radius 1 is 1.25 bits per heavy atom. The van der Waals surface area contributed by atoms with E-state index < -0.39 is 6.04 Å². The number of rotatable bonds is 4. The Labute approximate surface area is 143 Å². The van der Waals surface area contributed by atoms with Crippen molar-refractivity contribution < 1.29 is 9.59 Å². The van der Waals surface area contributed by atoms with E-state index in [0.29, 0.717) is 22.3 Å². The fourth-order valence-corrected chi connectivity index (χ4v) is 2.55. The van der Waals surface area contributed by atoms with Gasteiger partial charge in [-0.2, -0.15) is 0 Å². The standard InChI is InChI=1S/C17H14ClN4O2/c18-13-6-12-9-21-16(23)8-11(12)7-15(13)22-17(24)14(19)5-10-1-3-20-4-2-10/h1-4,6-9,14H,5,19H2,(H,22,24)/t14-/m1/s1. The molecule has 1 aliphatic heterocycles. The van der Waals surface area contributed by atoms with Crippen molar-refractivity contribution >= 4 is 41.4 Å². The van der Waals surface area contributed by atoms with E-state index in [4.69, 9.17) is 17.3 Å². The monoisotopic (exact) mass is 341 g/mol. The second-order valence-corrected chi connectivity index (χ2v) is 5.76. The van der Waals surface area contributed by atoms with E-state index >= 15 is 0 Å². The van der Waals surface area contributed by atoms with Crippen molar-refractivity contribution in [3.05, 3.63) is 57.7 Å². The van der Waals surface area contributed by atoms with Crippen molar-refractivity contribution in [3.8, 4) is 0 Å². The average Bonchev–Trinajstić information content (AvgIpc) is 2.56. The molecule has 121 valence electrons. The van der Waals surface area contributed by atoms with Gasteiger partial charge in [0, 0.05) is 29.9 Å². The summed E-state index contributed by atoms with van der Waals surface area (Å²) in [5.41, 5.74) is 7.27. The Morgan fingerprint density at radius 3 is 2.75 bits per heavy atom. The molecule has 3 N–H and O–H groups in total. The van der Waals surface area contributed by atoms with Gasteiger partial charge in [-0.05, 0) is 41.5 Å². The van der Waals surface area contributed by atoms with Gasteiger partial charge in [0.1, 0.15) is 0 Å². The number of pyridine rings is 1.